The van der Waals surface area contributed by atoms with Gasteiger partial charge in [-0.05, 0) is 55.0 Å². The molecular weight excluding hydrogens is 349 g/mol. The normalized spacial score (nSPS) is 10.7. The molecule has 0 aliphatic carbocycles. The molecule has 1 aromatic carbocycles. The van der Waals surface area contributed by atoms with Crippen molar-refractivity contribution < 1.29 is 0 Å². The molecular formula is C15H16IN3. The number of hydrogen-bond acceptors (Lipinski definition) is 2. The summed E-state index contributed by atoms with van der Waals surface area (Å²) in [5.74, 6) is 0. The summed E-state index contributed by atoms with van der Waals surface area (Å²) in [6.45, 7) is 6.42. The van der Waals surface area contributed by atoms with Gasteiger partial charge in [0.25, 0.3) is 0 Å². The van der Waals surface area contributed by atoms with Crippen molar-refractivity contribution >= 4 is 22.6 Å². The van der Waals surface area contributed by atoms with Crippen molar-refractivity contribution in [3.05, 3.63) is 39.1 Å². The Balaban J connectivity index is 2.55. The van der Waals surface area contributed by atoms with Crippen LogP contribution in [0.15, 0.2) is 24.3 Å². The summed E-state index contributed by atoms with van der Waals surface area (Å²) in [4.78, 5) is 0. The average Bonchev–Trinajstić information content (AvgIpc) is 2.76. The van der Waals surface area contributed by atoms with Crippen LogP contribution in [0, 0.1) is 15.0 Å². The third-order valence-corrected chi connectivity index (χ3v) is 4.22. The molecule has 0 aliphatic rings. The molecule has 4 heteroatoms. The zero-order valence-corrected chi connectivity index (χ0v) is 13.5. The summed E-state index contributed by atoms with van der Waals surface area (Å²) in [5.41, 5.74) is 4.07. The molecule has 0 aliphatic heterocycles. The van der Waals surface area contributed by atoms with Crippen molar-refractivity contribution in [2.75, 3.05) is 0 Å². The van der Waals surface area contributed by atoms with Gasteiger partial charge in [-0.2, -0.15) is 10.4 Å². The van der Waals surface area contributed by atoms with E-state index in [0.29, 0.717) is 11.6 Å². The van der Waals surface area contributed by atoms with Crippen LogP contribution in [0.1, 0.15) is 37.9 Å². The Morgan fingerprint density at radius 1 is 1.32 bits per heavy atom. The zero-order valence-electron chi connectivity index (χ0n) is 11.3. The second kappa shape index (κ2) is 5.74. The molecule has 0 atom stereocenters. The van der Waals surface area contributed by atoms with Crippen LogP contribution in [0.5, 0.6) is 0 Å². The molecule has 19 heavy (non-hydrogen) atoms. The third kappa shape index (κ3) is 2.66. The molecule has 0 amide bonds. The Morgan fingerprint density at radius 2 is 1.95 bits per heavy atom. The van der Waals surface area contributed by atoms with E-state index in [1.54, 1.807) is 0 Å². The number of rotatable bonds is 3. The predicted molar refractivity (Wildman–Crippen MR) is 84.9 cm³/mol. The highest BCUT2D eigenvalue weighted by atomic mass is 127. The van der Waals surface area contributed by atoms with Gasteiger partial charge in [0.05, 0.1) is 17.3 Å². The molecule has 98 valence electrons. The SMILES string of the molecule is CCc1c(-c2ccc(C#N)cc2)nn(C(C)C)c1I. The lowest BCUT2D eigenvalue weighted by Crippen LogP contribution is -2.05. The monoisotopic (exact) mass is 365 g/mol. The molecule has 0 spiro atoms. The number of benzene rings is 1. The first-order valence-corrected chi connectivity index (χ1v) is 7.43. The lowest BCUT2D eigenvalue weighted by atomic mass is 10.1. The van der Waals surface area contributed by atoms with Crippen LogP contribution in [0.2, 0.25) is 0 Å². The second-order valence-electron chi connectivity index (χ2n) is 4.70. The summed E-state index contributed by atoms with van der Waals surface area (Å²) < 4.78 is 3.27. The lowest BCUT2D eigenvalue weighted by molar-refractivity contribution is 0.521. The van der Waals surface area contributed by atoms with E-state index in [1.165, 1.54) is 9.26 Å². The van der Waals surface area contributed by atoms with Crippen molar-refractivity contribution in [1.29, 1.82) is 5.26 Å². The van der Waals surface area contributed by atoms with Gasteiger partial charge in [0.15, 0.2) is 0 Å². The van der Waals surface area contributed by atoms with Gasteiger partial charge >= 0.3 is 0 Å². The highest BCUT2D eigenvalue weighted by Gasteiger charge is 2.17. The molecule has 0 saturated heterocycles. The molecule has 3 nitrogen and oxygen atoms in total. The van der Waals surface area contributed by atoms with Crippen molar-refractivity contribution in [2.45, 2.75) is 33.2 Å². The number of nitriles is 1. The van der Waals surface area contributed by atoms with E-state index in [4.69, 9.17) is 10.4 Å². The minimum atomic E-state index is 0.351. The molecule has 1 aromatic heterocycles. The Hall–Kier alpha value is -1.35. The average molecular weight is 365 g/mol. The van der Waals surface area contributed by atoms with Gasteiger partial charge in [0.2, 0.25) is 0 Å². The van der Waals surface area contributed by atoms with E-state index in [1.807, 2.05) is 24.3 Å². The first kappa shape index (κ1) is 14.1. The Labute approximate surface area is 127 Å². The van der Waals surface area contributed by atoms with Crippen molar-refractivity contribution in [3.8, 4) is 17.3 Å². The molecule has 0 N–H and O–H groups in total. The van der Waals surface area contributed by atoms with Crippen molar-refractivity contribution in [1.82, 2.24) is 9.78 Å². The first-order valence-electron chi connectivity index (χ1n) is 6.35. The molecule has 0 radical (unpaired) electrons. The lowest BCUT2D eigenvalue weighted by Gasteiger charge is -2.06. The van der Waals surface area contributed by atoms with E-state index >= 15 is 0 Å². The van der Waals surface area contributed by atoms with Crippen molar-refractivity contribution in [2.24, 2.45) is 0 Å². The van der Waals surface area contributed by atoms with Gasteiger partial charge < -0.3 is 0 Å². The summed E-state index contributed by atoms with van der Waals surface area (Å²) in [6.07, 6.45) is 0.959. The minimum absolute atomic E-state index is 0.351. The third-order valence-electron chi connectivity index (χ3n) is 3.07. The highest BCUT2D eigenvalue weighted by molar-refractivity contribution is 14.1. The molecule has 0 bridgehead atoms. The first-order chi connectivity index (χ1) is 9.08. The van der Waals surface area contributed by atoms with Crippen LogP contribution in [0.4, 0.5) is 0 Å². The Morgan fingerprint density at radius 3 is 2.42 bits per heavy atom. The van der Waals surface area contributed by atoms with Gasteiger partial charge in [-0.1, -0.05) is 19.1 Å². The maximum absolute atomic E-state index is 8.85. The highest BCUT2D eigenvalue weighted by Crippen LogP contribution is 2.29. The predicted octanol–water partition coefficient (Wildman–Crippen LogP) is 4.17. The maximum Gasteiger partial charge on any atom is 0.103 e. The molecule has 2 aromatic rings. The second-order valence-corrected chi connectivity index (χ2v) is 5.72. The Bertz CT molecular complexity index is 618. The van der Waals surface area contributed by atoms with Gasteiger partial charge in [-0.3, -0.25) is 4.68 Å². The number of nitrogens with zero attached hydrogens (tertiary/aromatic N) is 3. The van der Waals surface area contributed by atoms with Crippen LogP contribution in [-0.2, 0) is 6.42 Å². The fourth-order valence-electron chi connectivity index (χ4n) is 2.04. The largest absolute Gasteiger partial charge is 0.256 e. The fraction of sp³-hybridized carbons (Fsp3) is 0.333. The smallest absolute Gasteiger partial charge is 0.103 e. The molecule has 0 fully saturated rings. The van der Waals surface area contributed by atoms with E-state index in [0.717, 1.165) is 17.7 Å². The van der Waals surface area contributed by atoms with Crippen LogP contribution < -0.4 is 0 Å². The number of halogens is 1. The topological polar surface area (TPSA) is 41.6 Å². The summed E-state index contributed by atoms with van der Waals surface area (Å²) >= 11 is 2.37. The summed E-state index contributed by atoms with van der Waals surface area (Å²) in [6, 6.07) is 10.1. The van der Waals surface area contributed by atoms with Crippen LogP contribution >= 0.6 is 22.6 Å². The molecule has 0 saturated carbocycles. The van der Waals surface area contributed by atoms with Gasteiger partial charge in [0, 0.05) is 17.2 Å². The minimum Gasteiger partial charge on any atom is -0.256 e. The number of hydrogen-bond donors (Lipinski definition) is 0. The van der Waals surface area contributed by atoms with Gasteiger partial charge in [-0.25, -0.2) is 0 Å². The Kier molecular flexibility index (Phi) is 4.25. The van der Waals surface area contributed by atoms with E-state index in [2.05, 4.69) is 54.1 Å². The van der Waals surface area contributed by atoms with Crippen molar-refractivity contribution in [3.63, 3.8) is 0 Å². The van der Waals surface area contributed by atoms with E-state index in [-0.39, 0.29) is 0 Å². The fourth-order valence-corrected chi connectivity index (χ4v) is 3.34. The molecule has 1 heterocycles. The molecule has 0 unspecified atom stereocenters. The van der Waals surface area contributed by atoms with Crippen LogP contribution in [0.3, 0.4) is 0 Å². The van der Waals surface area contributed by atoms with E-state index in [9.17, 15) is 0 Å². The maximum atomic E-state index is 8.85. The van der Waals surface area contributed by atoms with Gasteiger partial charge in [-0.15, -0.1) is 0 Å². The standard InChI is InChI=1S/C15H16IN3/c1-4-13-14(18-19(10(2)3)15(13)16)12-7-5-11(9-17)6-8-12/h5-8,10H,4H2,1-3H3. The van der Waals surface area contributed by atoms with Crippen LogP contribution in [0.25, 0.3) is 11.3 Å². The molecule has 2 rings (SSSR count). The quantitative estimate of drug-likeness (QED) is 0.767. The van der Waals surface area contributed by atoms with E-state index < -0.39 is 0 Å². The summed E-state index contributed by atoms with van der Waals surface area (Å²) in [5, 5.41) is 13.6. The van der Waals surface area contributed by atoms with Gasteiger partial charge in [0.1, 0.15) is 3.70 Å². The zero-order chi connectivity index (χ0) is 14.0. The summed E-state index contributed by atoms with van der Waals surface area (Å²) in [7, 11) is 0. The van der Waals surface area contributed by atoms with Crippen LogP contribution in [-0.4, -0.2) is 9.78 Å². The number of aromatic nitrogens is 2.